The quantitative estimate of drug-likeness (QED) is 0.853. The van der Waals surface area contributed by atoms with Gasteiger partial charge in [-0.15, -0.1) is 0 Å². The lowest BCUT2D eigenvalue weighted by Gasteiger charge is -2.20. The molecule has 2 aromatic rings. The third-order valence-electron chi connectivity index (χ3n) is 3.70. The molecule has 1 aliphatic heterocycles. The maximum absolute atomic E-state index is 12.1. The van der Waals surface area contributed by atoms with Crippen LogP contribution < -0.4 is 14.8 Å². The number of benzene rings is 2. The predicted molar refractivity (Wildman–Crippen MR) is 94.5 cm³/mol. The van der Waals surface area contributed by atoms with Gasteiger partial charge in [-0.3, -0.25) is 4.79 Å². The second-order valence-electron chi connectivity index (χ2n) is 5.52. The van der Waals surface area contributed by atoms with Gasteiger partial charge in [0, 0.05) is 11.1 Å². The Morgan fingerprint density at radius 3 is 2.75 bits per heavy atom. The molecule has 1 amide bonds. The van der Waals surface area contributed by atoms with Gasteiger partial charge < -0.3 is 14.8 Å². The number of hydrogen-bond acceptors (Lipinski definition) is 3. The number of ether oxygens (including phenoxy) is 2. The average Bonchev–Trinajstić information content (AvgIpc) is 2.59. The first-order valence-corrected chi connectivity index (χ1v) is 8.13. The van der Waals surface area contributed by atoms with E-state index in [1.807, 2.05) is 37.3 Å². The van der Waals surface area contributed by atoms with Gasteiger partial charge in [-0.1, -0.05) is 29.8 Å². The molecule has 1 unspecified atom stereocenters. The van der Waals surface area contributed by atoms with Crippen molar-refractivity contribution >= 4 is 23.6 Å². The van der Waals surface area contributed by atoms with Crippen molar-refractivity contribution in [2.24, 2.45) is 0 Å². The number of halogens is 1. The number of fused-ring (bicyclic) bond motifs is 1. The third kappa shape index (κ3) is 4.09. The van der Waals surface area contributed by atoms with Gasteiger partial charge in [0.05, 0.1) is 6.04 Å². The molecule has 0 saturated heterocycles. The van der Waals surface area contributed by atoms with E-state index in [1.54, 1.807) is 18.2 Å². The summed E-state index contributed by atoms with van der Waals surface area (Å²) < 4.78 is 11.1. The van der Waals surface area contributed by atoms with Crippen LogP contribution >= 0.6 is 11.6 Å². The van der Waals surface area contributed by atoms with Crippen molar-refractivity contribution in [3.8, 4) is 11.5 Å². The molecule has 0 bridgehead atoms. The summed E-state index contributed by atoms with van der Waals surface area (Å²) in [6.07, 6.45) is 3.23. The van der Waals surface area contributed by atoms with E-state index >= 15 is 0 Å². The zero-order valence-corrected chi connectivity index (χ0v) is 14.0. The molecule has 0 spiro atoms. The molecular formula is C19H18ClNO3. The standard InChI is InChI=1S/C19H18ClNO3/c1-13(15-6-7-17-18(12-15)24-10-9-23-17)21-19(22)8-5-14-3-2-4-16(20)11-14/h2-8,11-13H,9-10H2,1H3,(H,21,22)/b8-5+. The van der Waals surface area contributed by atoms with Crippen molar-refractivity contribution in [3.05, 3.63) is 64.7 Å². The maximum Gasteiger partial charge on any atom is 0.244 e. The summed E-state index contributed by atoms with van der Waals surface area (Å²) in [7, 11) is 0. The molecule has 1 aliphatic rings. The first kappa shape index (κ1) is 16.4. The molecule has 24 heavy (non-hydrogen) atoms. The van der Waals surface area contributed by atoms with Crippen molar-refractivity contribution < 1.29 is 14.3 Å². The highest BCUT2D eigenvalue weighted by Gasteiger charge is 2.15. The van der Waals surface area contributed by atoms with Crippen LogP contribution in [0.2, 0.25) is 5.02 Å². The third-order valence-corrected chi connectivity index (χ3v) is 3.94. The van der Waals surface area contributed by atoms with Crippen LogP contribution in [-0.2, 0) is 4.79 Å². The van der Waals surface area contributed by atoms with E-state index in [9.17, 15) is 4.79 Å². The number of amides is 1. The van der Waals surface area contributed by atoms with E-state index in [1.165, 1.54) is 6.08 Å². The number of hydrogen-bond donors (Lipinski definition) is 1. The van der Waals surface area contributed by atoms with E-state index in [0.717, 1.165) is 16.9 Å². The monoisotopic (exact) mass is 343 g/mol. The molecule has 5 heteroatoms. The van der Waals surface area contributed by atoms with E-state index in [2.05, 4.69) is 5.32 Å². The molecule has 0 aliphatic carbocycles. The topological polar surface area (TPSA) is 47.6 Å². The molecule has 0 fully saturated rings. The number of nitrogens with one attached hydrogen (secondary N) is 1. The summed E-state index contributed by atoms with van der Waals surface area (Å²) in [5.74, 6) is 1.29. The Bertz CT molecular complexity index is 773. The Hall–Kier alpha value is -2.46. The molecule has 1 heterocycles. The van der Waals surface area contributed by atoms with Crippen LogP contribution in [0.1, 0.15) is 24.1 Å². The van der Waals surface area contributed by atoms with E-state index < -0.39 is 0 Å². The molecule has 2 aromatic carbocycles. The Morgan fingerprint density at radius 2 is 1.96 bits per heavy atom. The highest BCUT2D eigenvalue weighted by molar-refractivity contribution is 6.30. The number of carbonyl (C=O) groups is 1. The predicted octanol–water partition coefficient (Wildman–Crippen LogP) is 4.00. The van der Waals surface area contributed by atoms with Gasteiger partial charge in [0.1, 0.15) is 13.2 Å². The highest BCUT2D eigenvalue weighted by atomic mass is 35.5. The van der Waals surface area contributed by atoms with Gasteiger partial charge in [0.15, 0.2) is 11.5 Å². The van der Waals surface area contributed by atoms with Crippen LogP contribution in [-0.4, -0.2) is 19.1 Å². The largest absolute Gasteiger partial charge is 0.486 e. The van der Waals surface area contributed by atoms with Crippen molar-refractivity contribution in [1.82, 2.24) is 5.32 Å². The Balaban J connectivity index is 1.63. The van der Waals surface area contributed by atoms with Crippen molar-refractivity contribution in [1.29, 1.82) is 0 Å². The second-order valence-corrected chi connectivity index (χ2v) is 5.96. The van der Waals surface area contributed by atoms with Gasteiger partial charge in [-0.2, -0.15) is 0 Å². The molecule has 0 saturated carbocycles. The van der Waals surface area contributed by atoms with Gasteiger partial charge in [0.25, 0.3) is 0 Å². The van der Waals surface area contributed by atoms with Gasteiger partial charge in [-0.25, -0.2) is 0 Å². The molecule has 0 radical (unpaired) electrons. The first-order chi connectivity index (χ1) is 11.6. The molecule has 4 nitrogen and oxygen atoms in total. The van der Waals surface area contributed by atoms with Crippen LogP contribution in [0, 0.1) is 0 Å². The first-order valence-electron chi connectivity index (χ1n) is 7.75. The van der Waals surface area contributed by atoms with Crippen LogP contribution in [0.15, 0.2) is 48.5 Å². The summed E-state index contributed by atoms with van der Waals surface area (Å²) >= 11 is 5.93. The zero-order valence-electron chi connectivity index (χ0n) is 13.3. The van der Waals surface area contributed by atoms with Gasteiger partial charge in [-0.05, 0) is 48.4 Å². The van der Waals surface area contributed by atoms with Gasteiger partial charge >= 0.3 is 0 Å². The van der Waals surface area contributed by atoms with E-state index in [4.69, 9.17) is 21.1 Å². The summed E-state index contributed by atoms with van der Waals surface area (Å²) in [4.78, 5) is 12.1. The minimum atomic E-state index is -0.169. The summed E-state index contributed by atoms with van der Waals surface area (Å²) in [6.45, 7) is 3.03. The summed E-state index contributed by atoms with van der Waals surface area (Å²) in [6, 6.07) is 12.9. The summed E-state index contributed by atoms with van der Waals surface area (Å²) in [5.41, 5.74) is 1.84. The molecule has 1 atom stereocenters. The maximum atomic E-state index is 12.1. The molecule has 1 N–H and O–H groups in total. The zero-order chi connectivity index (χ0) is 16.9. The molecule has 0 aromatic heterocycles. The fraction of sp³-hybridized carbons (Fsp3) is 0.211. The Kier molecular flexibility index (Phi) is 5.06. The number of carbonyl (C=O) groups excluding carboxylic acids is 1. The fourth-order valence-electron chi connectivity index (χ4n) is 2.46. The van der Waals surface area contributed by atoms with Crippen LogP contribution in [0.4, 0.5) is 0 Å². The Labute approximate surface area is 146 Å². The van der Waals surface area contributed by atoms with Crippen molar-refractivity contribution in [2.45, 2.75) is 13.0 Å². The van der Waals surface area contributed by atoms with E-state index in [0.29, 0.717) is 24.0 Å². The highest BCUT2D eigenvalue weighted by Crippen LogP contribution is 2.32. The Morgan fingerprint density at radius 1 is 1.17 bits per heavy atom. The van der Waals surface area contributed by atoms with Crippen LogP contribution in [0.25, 0.3) is 6.08 Å². The lowest BCUT2D eigenvalue weighted by molar-refractivity contribution is -0.117. The smallest absolute Gasteiger partial charge is 0.244 e. The lowest BCUT2D eigenvalue weighted by Crippen LogP contribution is -2.25. The fourth-order valence-corrected chi connectivity index (χ4v) is 2.66. The van der Waals surface area contributed by atoms with Crippen molar-refractivity contribution in [3.63, 3.8) is 0 Å². The van der Waals surface area contributed by atoms with Crippen LogP contribution in [0.3, 0.4) is 0 Å². The lowest BCUT2D eigenvalue weighted by atomic mass is 10.1. The number of rotatable bonds is 4. The summed E-state index contributed by atoms with van der Waals surface area (Å²) in [5, 5.41) is 3.57. The SMILES string of the molecule is CC(NC(=O)/C=C/c1cccc(Cl)c1)c1ccc2c(c1)OCCO2. The average molecular weight is 344 g/mol. The second kappa shape index (κ2) is 7.41. The minimum absolute atomic E-state index is 0.141. The molecule has 3 rings (SSSR count). The molecular weight excluding hydrogens is 326 g/mol. The van der Waals surface area contributed by atoms with Crippen molar-refractivity contribution in [2.75, 3.05) is 13.2 Å². The minimum Gasteiger partial charge on any atom is -0.486 e. The van der Waals surface area contributed by atoms with E-state index in [-0.39, 0.29) is 11.9 Å². The molecule has 124 valence electrons. The normalized spacial score (nSPS) is 14.4. The van der Waals surface area contributed by atoms with Crippen LogP contribution in [0.5, 0.6) is 11.5 Å². The van der Waals surface area contributed by atoms with Gasteiger partial charge in [0.2, 0.25) is 5.91 Å².